The number of H-pyrrole nitrogens is 1. The maximum Gasteiger partial charge on any atom is 0.223 e. The van der Waals surface area contributed by atoms with E-state index in [9.17, 15) is 0 Å². The molecule has 1 N–H and O–H groups in total. The number of aromatic nitrogens is 9. The maximum absolute atomic E-state index is 4.97. The molecule has 0 amide bonds. The lowest BCUT2D eigenvalue weighted by Gasteiger charge is -1.73. The molecule has 0 aliphatic heterocycles. The molecule has 0 aliphatic rings. The minimum Gasteiger partial charge on any atom is -0.446 e. The van der Waals surface area contributed by atoms with Crippen LogP contribution in [0.1, 0.15) is 56.5 Å². The standard InChI is InChI=1S/2C5H7NO.C4H7N3.C4H6N2O.C4H6N2S/c1-4-3-6-5(2)7-4;1-4-3-5(2)7-6-4;2*1-3-5-4(2)7-6-3;1-3-5-6-4(2)7-3/h2*3H,1-2H3;1-2H3,(H,5,6,7);2*1-2H3. The molecule has 13 heteroatoms. The third-order valence-electron chi connectivity index (χ3n) is 3.45. The largest absolute Gasteiger partial charge is 0.446 e. The molecule has 0 spiro atoms. The van der Waals surface area contributed by atoms with Crippen LogP contribution in [0.4, 0.5) is 0 Å². The Labute approximate surface area is 208 Å². The Kier molecular flexibility index (Phi) is 12.7. The van der Waals surface area contributed by atoms with E-state index in [4.69, 9.17) is 8.94 Å². The van der Waals surface area contributed by atoms with E-state index >= 15 is 0 Å². The zero-order valence-electron chi connectivity index (χ0n) is 21.9. The van der Waals surface area contributed by atoms with Gasteiger partial charge in [0.15, 0.2) is 11.7 Å². The van der Waals surface area contributed by atoms with Gasteiger partial charge >= 0.3 is 0 Å². The minimum absolute atomic E-state index is 0.623. The summed E-state index contributed by atoms with van der Waals surface area (Å²) in [4.78, 5) is 11.6. The Morgan fingerprint density at radius 3 is 1.51 bits per heavy atom. The lowest BCUT2D eigenvalue weighted by atomic mass is 10.4. The predicted octanol–water partition coefficient (Wildman–Crippen LogP) is 4.85. The summed E-state index contributed by atoms with van der Waals surface area (Å²) >= 11 is 1.62. The van der Waals surface area contributed by atoms with Crippen molar-refractivity contribution in [2.45, 2.75) is 69.2 Å². The van der Waals surface area contributed by atoms with E-state index in [0.717, 1.165) is 44.8 Å². The van der Waals surface area contributed by atoms with Gasteiger partial charge in [0.2, 0.25) is 5.89 Å². The average Bonchev–Trinajstić information content (AvgIpc) is 3.59. The summed E-state index contributed by atoms with van der Waals surface area (Å²) in [5, 5.41) is 23.3. The van der Waals surface area contributed by atoms with E-state index < -0.39 is 0 Å². The monoisotopic (exact) mass is 503 g/mol. The molecule has 0 atom stereocenters. The van der Waals surface area contributed by atoms with Crippen molar-refractivity contribution in [3.63, 3.8) is 0 Å². The van der Waals surface area contributed by atoms with Crippen molar-refractivity contribution in [3.8, 4) is 0 Å². The van der Waals surface area contributed by atoms with Crippen molar-refractivity contribution in [1.29, 1.82) is 0 Å². The van der Waals surface area contributed by atoms with Crippen molar-refractivity contribution < 1.29 is 13.5 Å². The fourth-order valence-corrected chi connectivity index (χ4v) is 2.80. The highest BCUT2D eigenvalue weighted by Gasteiger charge is 1.91. The third kappa shape index (κ3) is 14.2. The Bertz CT molecular complexity index is 932. The van der Waals surface area contributed by atoms with Crippen LogP contribution in [0.25, 0.3) is 0 Å². The molecule has 0 saturated heterocycles. The SMILES string of the molecule is Cc1cc(C)on1.Cc1cnc(C)o1.Cc1n[nH]c(C)n1.Cc1nnc(C)s1.Cc1noc(C)n1. The summed E-state index contributed by atoms with van der Waals surface area (Å²) in [6, 6.07) is 1.89. The van der Waals surface area contributed by atoms with Gasteiger partial charge in [-0.3, -0.25) is 5.10 Å². The van der Waals surface area contributed by atoms with E-state index in [2.05, 4.69) is 50.2 Å². The Morgan fingerprint density at radius 1 is 0.714 bits per heavy atom. The average molecular weight is 504 g/mol. The number of nitrogens with zero attached hydrogens (tertiary/aromatic N) is 8. The smallest absolute Gasteiger partial charge is 0.223 e. The van der Waals surface area contributed by atoms with Gasteiger partial charge in [0.25, 0.3) is 0 Å². The van der Waals surface area contributed by atoms with Crippen molar-refractivity contribution in [1.82, 2.24) is 45.7 Å². The van der Waals surface area contributed by atoms with Crippen molar-refractivity contribution in [3.05, 3.63) is 68.7 Å². The zero-order chi connectivity index (χ0) is 26.4. The van der Waals surface area contributed by atoms with Crippen molar-refractivity contribution in [2.75, 3.05) is 0 Å². The molecule has 5 rings (SSSR count). The number of aryl methyl sites for hydroxylation is 10. The Hall–Kier alpha value is -3.74. The lowest BCUT2D eigenvalue weighted by Crippen LogP contribution is -1.70. The topological polar surface area (TPSA) is 158 Å². The van der Waals surface area contributed by atoms with Crippen molar-refractivity contribution in [2.24, 2.45) is 0 Å². The van der Waals surface area contributed by atoms with Gasteiger partial charge < -0.3 is 13.5 Å². The van der Waals surface area contributed by atoms with Gasteiger partial charge in [0.05, 0.1) is 11.9 Å². The summed E-state index contributed by atoms with van der Waals surface area (Å²) < 4.78 is 14.3. The molecule has 0 bridgehead atoms. The molecule has 35 heavy (non-hydrogen) atoms. The first-order chi connectivity index (χ1) is 16.4. The predicted molar refractivity (Wildman–Crippen MR) is 131 cm³/mol. The molecule has 0 aliphatic carbocycles. The molecule has 5 aromatic heterocycles. The van der Waals surface area contributed by atoms with Gasteiger partial charge in [-0.1, -0.05) is 10.3 Å². The van der Waals surface area contributed by atoms with Gasteiger partial charge in [0.1, 0.15) is 33.2 Å². The second-order valence-corrected chi connectivity index (χ2v) is 8.62. The fourth-order valence-electron chi connectivity index (χ4n) is 2.21. The lowest BCUT2D eigenvalue weighted by molar-refractivity contribution is 0.389. The number of oxazole rings is 1. The number of aromatic amines is 1. The second kappa shape index (κ2) is 15.2. The van der Waals surface area contributed by atoms with E-state index in [-0.39, 0.29) is 0 Å². The van der Waals surface area contributed by atoms with Gasteiger partial charge in [-0.15, -0.1) is 21.5 Å². The molecule has 0 radical (unpaired) electrons. The first-order valence-corrected chi connectivity index (χ1v) is 11.4. The Balaban J connectivity index is 0.000000219. The molecule has 0 saturated carbocycles. The van der Waals surface area contributed by atoms with E-state index in [1.807, 2.05) is 61.5 Å². The van der Waals surface area contributed by atoms with Crippen LogP contribution >= 0.6 is 11.3 Å². The van der Waals surface area contributed by atoms with Crippen LogP contribution in [0.2, 0.25) is 0 Å². The first kappa shape index (κ1) is 29.3. The number of rotatable bonds is 0. The molecule has 12 nitrogen and oxygen atoms in total. The molecular weight excluding hydrogens is 470 g/mol. The Morgan fingerprint density at radius 2 is 1.37 bits per heavy atom. The quantitative estimate of drug-likeness (QED) is 0.308. The minimum atomic E-state index is 0.623. The van der Waals surface area contributed by atoms with Gasteiger partial charge in [-0.05, 0) is 55.4 Å². The highest BCUT2D eigenvalue weighted by Crippen LogP contribution is 2.04. The number of hydrogen-bond donors (Lipinski definition) is 1. The zero-order valence-corrected chi connectivity index (χ0v) is 22.7. The molecule has 190 valence electrons. The van der Waals surface area contributed by atoms with Crippen molar-refractivity contribution >= 4 is 11.3 Å². The molecule has 0 aromatic carbocycles. The first-order valence-electron chi connectivity index (χ1n) is 10.6. The maximum atomic E-state index is 4.97. The second-order valence-electron chi connectivity index (χ2n) is 7.24. The summed E-state index contributed by atoms with van der Waals surface area (Å²) in [7, 11) is 0. The van der Waals surface area contributed by atoms with Crippen LogP contribution in [-0.4, -0.2) is 45.7 Å². The normalized spacial score (nSPS) is 9.43. The molecule has 0 unspecified atom stereocenters. The molecule has 5 aromatic rings. The van der Waals surface area contributed by atoms with Crippen LogP contribution < -0.4 is 0 Å². The summed E-state index contributed by atoms with van der Waals surface area (Å²) in [6.45, 7) is 18.7. The van der Waals surface area contributed by atoms with E-state index in [0.29, 0.717) is 11.7 Å². The van der Waals surface area contributed by atoms with Crippen LogP contribution in [0.5, 0.6) is 0 Å². The van der Waals surface area contributed by atoms with Gasteiger partial charge in [-0.2, -0.15) is 10.1 Å². The molecular formula is C22H33N9O3S. The summed E-state index contributed by atoms with van der Waals surface area (Å²) in [5.74, 6) is 5.47. The van der Waals surface area contributed by atoms with Crippen LogP contribution in [0.15, 0.2) is 25.7 Å². The number of nitrogens with one attached hydrogen (secondary N) is 1. The highest BCUT2D eigenvalue weighted by atomic mass is 32.1. The molecule has 0 fully saturated rings. The highest BCUT2D eigenvalue weighted by molar-refractivity contribution is 7.11. The summed E-state index contributed by atoms with van der Waals surface area (Å²) in [5.41, 5.74) is 0.942. The van der Waals surface area contributed by atoms with E-state index in [1.165, 1.54) is 0 Å². The summed E-state index contributed by atoms with van der Waals surface area (Å²) in [6.07, 6.45) is 1.70. The van der Waals surface area contributed by atoms with Crippen LogP contribution in [-0.2, 0) is 0 Å². The van der Waals surface area contributed by atoms with E-state index in [1.54, 1.807) is 31.4 Å². The fraction of sp³-hybridized carbons (Fsp3) is 0.455. The van der Waals surface area contributed by atoms with Crippen LogP contribution in [0.3, 0.4) is 0 Å². The number of hydrogen-bond acceptors (Lipinski definition) is 12. The molecule has 5 heterocycles. The third-order valence-corrected chi connectivity index (χ3v) is 4.20. The van der Waals surface area contributed by atoms with Gasteiger partial charge in [-0.25, -0.2) is 9.97 Å². The van der Waals surface area contributed by atoms with Crippen LogP contribution in [0, 0.1) is 69.2 Å². The van der Waals surface area contributed by atoms with Gasteiger partial charge in [0, 0.05) is 19.9 Å².